The van der Waals surface area contributed by atoms with Crippen LogP contribution >= 0.6 is 0 Å². The van der Waals surface area contributed by atoms with Gasteiger partial charge in [0, 0.05) is 12.5 Å². The Balaban J connectivity index is 1.74. The largest absolute Gasteiger partial charge is 0.454 e. The van der Waals surface area contributed by atoms with Gasteiger partial charge in [-0.1, -0.05) is 24.3 Å². The molecule has 2 aromatic rings. The van der Waals surface area contributed by atoms with Gasteiger partial charge in [-0.05, 0) is 29.8 Å². The molecule has 0 spiro atoms. The molecule has 24 heavy (non-hydrogen) atoms. The minimum Gasteiger partial charge on any atom is -0.454 e. The lowest BCUT2D eigenvalue weighted by molar-refractivity contribution is 0.174. The van der Waals surface area contributed by atoms with Crippen LogP contribution in [0, 0.1) is 0 Å². The van der Waals surface area contributed by atoms with Crippen molar-refractivity contribution < 1.29 is 17.9 Å². The highest BCUT2D eigenvalue weighted by Crippen LogP contribution is 2.56. The van der Waals surface area contributed by atoms with Crippen molar-refractivity contribution in [3.63, 3.8) is 0 Å². The van der Waals surface area contributed by atoms with Gasteiger partial charge in [-0.15, -0.1) is 0 Å². The Kier molecular flexibility index (Phi) is 3.35. The summed E-state index contributed by atoms with van der Waals surface area (Å²) in [5.74, 6) is 0.883. The first kappa shape index (κ1) is 15.4. The lowest BCUT2D eigenvalue weighted by atomic mass is 10.1. The molecule has 7 heteroatoms. The summed E-state index contributed by atoms with van der Waals surface area (Å²) in [6.07, 6.45) is 0. The fraction of sp³-hybridized carbons (Fsp3) is 0.294. The van der Waals surface area contributed by atoms with Crippen LogP contribution in [0.3, 0.4) is 0 Å². The third-order valence-corrected chi connectivity index (χ3v) is 7.13. The third kappa shape index (κ3) is 2.12. The van der Waals surface area contributed by atoms with Crippen molar-refractivity contribution in [3.8, 4) is 11.5 Å². The Morgan fingerprint density at radius 3 is 2.50 bits per heavy atom. The predicted molar refractivity (Wildman–Crippen MR) is 88.7 cm³/mol. The SMILES string of the molecule is NC[C@@]1(N)[C@H](S(=O)(=O)c2ccccc2)[C@@H]1c1ccc2c(c1)OCO2. The lowest BCUT2D eigenvalue weighted by Crippen LogP contribution is -2.39. The number of fused-ring (bicyclic) bond motifs is 1. The molecule has 0 saturated heterocycles. The van der Waals surface area contributed by atoms with E-state index in [9.17, 15) is 8.42 Å². The topological polar surface area (TPSA) is 105 Å². The highest BCUT2D eigenvalue weighted by Gasteiger charge is 2.68. The molecule has 3 atom stereocenters. The van der Waals surface area contributed by atoms with Gasteiger partial charge in [0.2, 0.25) is 6.79 Å². The standard InChI is InChI=1S/C17H18N2O4S/c18-9-17(19)15(11-6-7-13-14(8-11)23-10-22-13)16(17)24(20,21)12-4-2-1-3-5-12/h1-8,15-16H,9-10,18-19H2/t15-,16+,17-/m0/s1. The van der Waals surface area contributed by atoms with Gasteiger partial charge in [0.1, 0.15) is 0 Å². The maximum atomic E-state index is 13.0. The molecule has 1 heterocycles. The Labute approximate surface area is 140 Å². The second-order valence-electron chi connectivity index (χ2n) is 6.19. The van der Waals surface area contributed by atoms with Crippen molar-refractivity contribution in [2.45, 2.75) is 21.6 Å². The Bertz CT molecular complexity index is 885. The lowest BCUT2D eigenvalue weighted by Gasteiger charge is -2.09. The molecule has 2 aliphatic rings. The van der Waals surface area contributed by atoms with Gasteiger partial charge in [0.15, 0.2) is 21.3 Å². The zero-order chi connectivity index (χ0) is 16.9. The van der Waals surface area contributed by atoms with Gasteiger partial charge in [-0.3, -0.25) is 0 Å². The average molecular weight is 346 g/mol. The van der Waals surface area contributed by atoms with Crippen LogP contribution in [0.5, 0.6) is 11.5 Å². The van der Waals surface area contributed by atoms with Crippen molar-refractivity contribution >= 4 is 9.84 Å². The third-order valence-electron chi connectivity index (χ3n) is 4.82. The van der Waals surface area contributed by atoms with Crippen molar-refractivity contribution in [1.29, 1.82) is 0 Å². The van der Waals surface area contributed by atoms with E-state index in [0.29, 0.717) is 11.5 Å². The summed E-state index contributed by atoms with van der Waals surface area (Å²) in [4.78, 5) is 0.265. The number of nitrogens with two attached hydrogens (primary N) is 2. The molecule has 1 saturated carbocycles. The molecule has 0 radical (unpaired) electrons. The van der Waals surface area contributed by atoms with E-state index < -0.39 is 20.6 Å². The molecule has 6 nitrogen and oxygen atoms in total. The number of benzene rings is 2. The van der Waals surface area contributed by atoms with E-state index in [2.05, 4.69) is 0 Å². The molecule has 2 aromatic carbocycles. The second-order valence-corrected chi connectivity index (χ2v) is 8.25. The summed E-state index contributed by atoms with van der Waals surface area (Å²) in [5.41, 5.74) is 12.0. The molecular formula is C17H18N2O4S. The van der Waals surface area contributed by atoms with Crippen LogP contribution in [0.1, 0.15) is 11.5 Å². The summed E-state index contributed by atoms with van der Waals surface area (Å²) < 4.78 is 36.7. The van der Waals surface area contributed by atoms with E-state index in [0.717, 1.165) is 5.56 Å². The molecule has 4 N–H and O–H groups in total. The van der Waals surface area contributed by atoms with Crippen molar-refractivity contribution in [2.24, 2.45) is 11.5 Å². The monoisotopic (exact) mass is 346 g/mol. The van der Waals surface area contributed by atoms with E-state index in [1.54, 1.807) is 42.5 Å². The Hall–Kier alpha value is -2.09. The van der Waals surface area contributed by atoms with Gasteiger partial charge >= 0.3 is 0 Å². The molecule has 1 aliphatic carbocycles. The number of hydrogen-bond donors (Lipinski definition) is 2. The fourth-order valence-corrected chi connectivity index (χ4v) is 5.82. The Morgan fingerprint density at radius 1 is 1.08 bits per heavy atom. The normalized spacial score (nSPS) is 27.9. The van der Waals surface area contributed by atoms with Crippen LogP contribution in [0.15, 0.2) is 53.4 Å². The zero-order valence-electron chi connectivity index (χ0n) is 12.9. The molecule has 0 bridgehead atoms. The van der Waals surface area contributed by atoms with Gasteiger partial charge in [-0.25, -0.2) is 8.42 Å². The van der Waals surface area contributed by atoms with E-state index >= 15 is 0 Å². The van der Waals surface area contributed by atoms with E-state index in [1.165, 1.54) is 0 Å². The number of rotatable bonds is 4. The average Bonchev–Trinajstić information content (AvgIpc) is 3.00. The fourth-order valence-electron chi connectivity index (χ4n) is 3.48. The van der Waals surface area contributed by atoms with E-state index in [4.69, 9.17) is 20.9 Å². The Morgan fingerprint density at radius 2 is 1.79 bits per heavy atom. The number of hydrogen-bond acceptors (Lipinski definition) is 6. The van der Waals surface area contributed by atoms with Gasteiger partial charge in [-0.2, -0.15) is 0 Å². The second kappa shape index (κ2) is 5.20. The van der Waals surface area contributed by atoms with E-state index in [-0.39, 0.29) is 24.2 Å². The maximum Gasteiger partial charge on any atom is 0.231 e. The summed E-state index contributed by atoms with van der Waals surface area (Å²) in [5, 5.41) is -0.752. The van der Waals surface area contributed by atoms with Crippen molar-refractivity contribution in [3.05, 3.63) is 54.1 Å². The minimum absolute atomic E-state index is 0.0861. The molecular weight excluding hydrogens is 328 g/mol. The molecule has 126 valence electrons. The summed E-state index contributed by atoms with van der Waals surface area (Å²) in [6, 6.07) is 13.7. The highest BCUT2D eigenvalue weighted by atomic mass is 32.2. The first-order valence-electron chi connectivity index (χ1n) is 7.66. The first-order chi connectivity index (χ1) is 11.5. The van der Waals surface area contributed by atoms with Crippen LogP contribution in [0.4, 0.5) is 0 Å². The highest BCUT2D eigenvalue weighted by molar-refractivity contribution is 7.92. The zero-order valence-corrected chi connectivity index (χ0v) is 13.7. The van der Waals surface area contributed by atoms with Crippen molar-refractivity contribution in [1.82, 2.24) is 0 Å². The number of sulfone groups is 1. The molecule has 0 unspecified atom stereocenters. The van der Waals surface area contributed by atoms with Crippen LogP contribution in [0.2, 0.25) is 0 Å². The van der Waals surface area contributed by atoms with Crippen LogP contribution < -0.4 is 20.9 Å². The van der Waals surface area contributed by atoms with Crippen molar-refractivity contribution in [2.75, 3.05) is 13.3 Å². The number of ether oxygens (including phenoxy) is 2. The smallest absolute Gasteiger partial charge is 0.231 e. The first-order valence-corrected chi connectivity index (χ1v) is 9.20. The molecule has 1 aliphatic heterocycles. The minimum atomic E-state index is -3.57. The summed E-state index contributed by atoms with van der Waals surface area (Å²) in [7, 11) is -3.57. The van der Waals surface area contributed by atoms with E-state index in [1.807, 2.05) is 6.07 Å². The van der Waals surface area contributed by atoms with Crippen LogP contribution in [0.25, 0.3) is 0 Å². The molecule has 4 rings (SSSR count). The summed E-state index contributed by atoms with van der Waals surface area (Å²) >= 11 is 0. The van der Waals surface area contributed by atoms with Gasteiger partial charge in [0.05, 0.1) is 15.7 Å². The van der Waals surface area contributed by atoms with Crippen LogP contribution in [-0.4, -0.2) is 32.5 Å². The molecule has 1 fully saturated rings. The van der Waals surface area contributed by atoms with Gasteiger partial charge < -0.3 is 20.9 Å². The van der Waals surface area contributed by atoms with Gasteiger partial charge in [0.25, 0.3) is 0 Å². The predicted octanol–water partition coefficient (Wildman–Crippen LogP) is 1.01. The molecule has 0 aromatic heterocycles. The quantitative estimate of drug-likeness (QED) is 0.856. The summed E-state index contributed by atoms with van der Waals surface area (Å²) in [6.45, 7) is 0.253. The molecule has 0 amide bonds. The maximum absolute atomic E-state index is 13.0. The van der Waals surface area contributed by atoms with Crippen LogP contribution in [-0.2, 0) is 9.84 Å².